The van der Waals surface area contributed by atoms with E-state index >= 15 is 0 Å². The first kappa shape index (κ1) is 13.7. The van der Waals surface area contributed by atoms with Gasteiger partial charge < -0.3 is 10.1 Å². The number of aromatic amines is 1. The molecule has 0 aliphatic carbocycles. The Balaban J connectivity index is 1.73. The molecule has 4 heterocycles. The summed E-state index contributed by atoms with van der Waals surface area (Å²) in [6.07, 6.45) is 4.57. The van der Waals surface area contributed by atoms with E-state index in [1.807, 2.05) is 0 Å². The van der Waals surface area contributed by atoms with Gasteiger partial charge in [-0.15, -0.1) is 11.3 Å². The first-order valence-corrected chi connectivity index (χ1v) is 8.40. The molecule has 2 aliphatic rings. The Morgan fingerprint density at radius 1 is 1.48 bits per heavy atom. The number of nitrogens with one attached hydrogen (secondary N) is 2. The Morgan fingerprint density at radius 2 is 2.38 bits per heavy atom. The van der Waals surface area contributed by atoms with E-state index in [0.29, 0.717) is 6.04 Å². The van der Waals surface area contributed by atoms with Crippen molar-refractivity contribution in [3.05, 3.63) is 32.7 Å². The van der Waals surface area contributed by atoms with Gasteiger partial charge in [0.1, 0.15) is 5.60 Å². The summed E-state index contributed by atoms with van der Waals surface area (Å²) < 4.78 is 7.15. The smallest absolute Gasteiger partial charge is 0.106 e. The quantitative estimate of drug-likeness (QED) is 0.846. The Bertz CT molecular complexity index is 643. The number of fused-ring (bicyclic) bond motifs is 2. The maximum atomic E-state index is 6.30. The molecule has 4 rings (SSSR count). The number of rotatable bonds is 1. The number of nitrogens with zero attached hydrogens (tertiary/aromatic N) is 2. The fraction of sp³-hybridized carbons (Fsp3) is 0.571. The summed E-state index contributed by atoms with van der Waals surface area (Å²) >= 11 is 7.91. The van der Waals surface area contributed by atoms with Crippen LogP contribution >= 0.6 is 22.9 Å². The van der Waals surface area contributed by atoms with E-state index < -0.39 is 0 Å². The zero-order valence-corrected chi connectivity index (χ0v) is 13.3. The van der Waals surface area contributed by atoms with Crippen LogP contribution < -0.4 is 5.32 Å². The molecule has 0 aromatic carbocycles. The van der Waals surface area contributed by atoms with E-state index in [9.17, 15) is 0 Å². The maximum absolute atomic E-state index is 6.30. The minimum Gasteiger partial charge on any atom is -0.369 e. The average molecular weight is 325 g/mol. The number of halogens is 1. The molecule has 2 aromatic heterocycles. The van der Waals surface area contributed by atoms with Crippen LogP contribution in [-0.2, 0) is 16.8 Å². The zero-order chi connectivity index (χ0) is 14.4. The predicted molar refractivity (Wildman–Crippen MR) is 81.6 cm³/mol. The second kappa shape index (κ2) is 5.05. The van der Waals surface area contributed by atoms with Gasteiger partial charge in [0.25, 0.3) is 0 Å². The summed E-state index contributed by atoms with van der Waals surface area (Å²) in [4.78, 5) is 1.31. The number of ether oxygens (including phenoxy) is 1. The van der Waals surface area contributed by atoms with Gasteiger partial charge in [-0.25, -0.2) is 0 Å². The van der Waals surface area contributed by atoms with Gasteiger partial charge in [-0.2, -0.15) is 15.4 Å². The van der Waals surface area contributed by atoms with Crippen LogP contribution in [0.1, 0.15) is 41.9 Å². The molecule has 1 saturated heterocycles. The third kappa shape index (κ3) is 2.30. The summed E-state index contributed by atoms with van der Waals surface area (Å²) in [5, 5.41) is 14.5. The van der Waals surface area contributed by atoms with Crippen molar-refractivity contribution in [2.75, 3.05) is 6.61 Å². The van der Waals surface area contributed by atoms with Gasteiger partial charge in [0.2, 0.25) is 0 Å². The second-order valence-corrected chi connectivity index (χ2v) is 7.60. The van der Waals surface area contributed by atoms with Gasteiger partial charge in [-0.1, -0.05) is 11.6 Å². The van der Waals surface area contributed by atoms with Crippen LogP contribution in [0.5, 0.6) is 0 Å². The van der Waals surface area contributed by atoms with Crippen LogP contribution in [0, 0.1) is 0 Å². The predicted octanol–water partition coefficient (Wildman–Crippen LogP) is 2.80. The normalized spacial score (nSPS) is 32.3. The van der Waals surface area contributed by atoms with E-state index in [1.165, 1.54) is 10.4 Å². The first-order valence-electron chi connectivity index (χ1n) is 7.21. The lowest BCUT2D eigenvalue weighted by Gasteiger charge is -2.45. The number of hydrogen-bond acceptors (Lipinski definition) is 5. The topological polar surface area (TPSA) is 62.8 Å². The highest BCUT2D eigenvalue weighted by molar-refractivity contribution is 7.16. The maximum Gasteiger partial charge on any atom is 0.106 e. The third-order valence-corrected chi connectivity index (χ3v) is 5.88. The van der Waals surface area contributed by atoms with E-state index in [1.54, 1.807) is 17.5 Å². The molecule has 2 aliphatic heterocycles. The van der Waals surface area contributed by atoms with E-state index in [0.717, 1.165) is 35.9 Å². The van der Waals surface area contributed by atoms with Crippen molar-refractivity contribution in [2.24, 2.45) is 0 Å². The Hall–Kier alpha value is -0.950. The second-order valence-electron chi connectivity index (χ2n) is 5.92. The molecule has 0 radical (unpaired) electrons. The van der Waals surface area contributed by atoms with Crippen LogP contribution in [0.3, 0.4) is 0 Å². The third-order valence-electron chi connectivity index (χ3n) is 4.39. The van der Waals surface area contributed by atoms with Crippen molar-refractivity contribution in [3.63, 3.8) is 0 Å². The summed E-state index contributed by atoms with van der Waals surface area (Å²) in [5.74, 6) is 0. The number of aromatic nitrogens is 3. The molecule has 0 bridgehead atoms. The van der Waals surface area contributed by atoms with Gasteiger partial charge in [0.05, 0.1) is 28.9 Å². The van der Waals surface area contributed by atoms with Crippen molar-refractivity contribution < 1.29 is 4.74 Å². The molecule has 7 heteroatoms. The van der Waals surface area contributed by atoms with Gasteiger partial charge in [-0.05, 0) is 31.4 Å². The zero-order valence-electron chi connectivity index (χ0n) is 11.7. The number of H-pyrrole nitrogens is 1. The summed E-state index contributed by atoms with van der Waals surface area (Å²) in [7, 11) is 0. The van der Waals surface area contributed by atoms with E-state index in [4.69, 9.17) is 16.3 Å². The van der Waals surface area contributed by atoms with Crippen LogP contribution in [0.15, 0.2) is 12.3 Å². The van der Waals surface area contributed by atoms with Crippen LogP contribution in [0.25, 0.3) is 0 Å². The number of thiophene rings is 1. The molecule has 21 heavy (non-hydrogen) atoms. The lowest BCUT2D eigenvalue weighted by molar-refractivity contribution is -0.0957. The highest BCUT2D eigenvalue weighted by atomic mass is 35.5. The Kier molecular flexibility index (Phi) is 3.29. The number of hydrogen-bond donors (Lipinski definition) is 2. The average Bonchev–Trinajstić information content (AvgIpc) is 3.07. The monoisotopic (exact) mass is 324 g/mol. The lowest BCUT2D eigenvalue weighted by atomic mass is 9.79. The molecular weight excluding hydrogens is 308 g/mol. The standard InChI is InChI=1S/C14H17ClN4OS/c1-8-5-14(6-10(17-8)11-7-16-19-18-11)13-9(2-3-20-14)4-12(15)21-13/h4,7-8,10,17H,2-3,5-6H2,1H3,(H,16,18,19)/t8-,10-,14-/m0/s1. The van der Waals surface area contributed by atoms with E-state index in [2.05, 4.69) is 33.7 Å². The molecule has 0 unspecified atom stereocenters. The molecular formula is C14H17ClN4OS. The molecule has 2 N–H and O–H groups in total. The molecule has 2 aromatic rings. The van der Waals surface area contributed by atoms with Crippen LogP contribution in [-0.4, -0.2) is 28.1 Å². The Morgan fingerprint density at radius 3 is 3.19 bits per heavy atom. The molecule has 112 valence electrons. The van der Waals surface area contributed by atoms with Gasteiger partial charge in [0, 0.05) is 17.3 Å². The van der Waals surface area contributed by atoms with Crippen molar-refractivity contribution in [1.82, 2.24) is 20.7 Å². The highest BCUT2D eigenvalue weighted by Crippen LogP contribution is 2.49. The molecule has 0 amide bonds. The molecule has 3 atom stereocenters. The minimum absolute atomic E-state index is 0.152. The van der Waals surface area contributed by atoms with Crippen molar-refractivity contribution in [1.29, 1.82) is 0 Å². The van der Waals surface area contributed by atoms with Gasteiger partial charge in [-0.3, -0.25) is 0 Å². The van der Waals surface area contributed by atoms with Crippen LogP contribution in [0.4, 0.5) is 0 Å². The van der Waals surface area contributed by atoms with Crippen molar-refractivity contribution >= 4 is 22.9 Å². The fourth-order valence-electron chi connectivity index (χ4n) is 3.63. The molecule has 1 fully saturated rings. The van der Waals surface area contributed by atoms with E-state index in [-0.39, 0.29) is 11.6 Å². The SMILES string of the molecule is C[C@H]1C[C@@]2(C[C@@H](c3cn[nH]n3)N1)OCCc1cc(Cl)sc12. The summed E-state index contributed by atoms with van der Waals surface area (Å²) in [6, 6.07) is 2.61. The Labute approximate surface area is 132 Å². The van der Waals surface area contributed by atoms with Gasteiger partial charge in [0.15, 0.2) is 0 Å². The fourth-order valence-corrected chi connectivity index (χ4v) is 5.09. The number of piperidine rings is 1. The summed E-state index contributed by atoms with van der Waals surface area (Å²) in [6.45, 7) is 2.96. The molecule has 1 spiro atoms. The highest BCUT2D eigenvalue weighted by Gasteiger charge is 2.46. The summed E-state index contributed by atoms with van der Waals surface area (Å²) in [5.41, 5.74) is 2.06. The lowest BCUT2D eigenvalue weighted by Crippen LogP contribution is -2.49. The molecule has 5 nitrogen and oxygen atoms in total. The van der Waals surface area contributed by atoms with Crippen molar-refractivity contribution in [2.45, 2.75) is 43.9 Å². The molecule has 0 saturated carbocycles. The first-order chi connectivity index (χ1) is 10.2. The van der Waals surface area contributed by atoms with Gasteiger partial charge >= 0.3 is 0 Å². The van der Waals surface area contributed by atoms with Crippen molar-refractivity contribution in [3.8, 4) is 0 Å². The largest absolute Gasteiger partial charge is 0.369 e. The minimum atomic E-state index is -0.236. The van der Waals surface area contributed by atoms with Crippen LogP contribution in [0.2, 0.25) is 4.34 Å².